The Hall–Kier alpha value is -2.75. The third-order valence-corrected chi connectivity index (χ3v) is 3.64. The van der Waals surface area contributed by atoms with Crippen molar-refractivity contribution in [3.8, 4) is 11.3 Å². The number of carbonyl (C=O) groups excluding carboxylic acids is 1. The van der Waals surface area contributed by atoms with Gasteiger partial charge in [0.2, 0.25) is 0 Å². The van der Waals surface area contributed by atoms with Gasteiger partial charge in [-0.3, -0.25) is 4.90 Å². The summed E-state index contributed by atoms with van der Waals surface area (Å²) >= 11 is 0. The number of hydrogen-bond acceptors (Lipinski definition) is 3. The maximum atomic E-state index is 12.0. The van der Waals surface area contributed by atoms with Gasteiger partial charge in [0.25, 0.3) is 0 Å². The van der Waals surface area contributed by atoms with Crippen LogP contribution < -0.4 is 4.90 Å². The molecule has 4 rings (SSSR count). The van der Waals surface area contributed by atoms with Crippen LogP contribution in [0.1, 0.15) is 0 Å². The maximum absolute atomic E-state index is 12.0. The molecule has 0 unspecified atom stereocenters. The SMILES string of the molecule is O=C1OCCN1c1c(-c2ccccc2)oc2ccccc12. The van der Waals surface area contributed by atoms with Crippen molar-refractivity contribution in [2.75, 3.05) is 18.1 Å². The van der Waals surface area contributed by atoms with E-state index in [1.165, 1.54) is 0 Å². The molecule has 1 aliphatic heterocycles. The van der Waals surface area contributed by atoms with Gasteiger partial charge in [-0.25, -0.2) is 4.79 Å². The maximum Gasteiger partial charge on any atom is 0.414 e. The normalized spacial score (nSPS) is 14.7. The van der Waals surface area contributed by atoms with Gasteiger partial charge in [0.05, 0.1) is 6.54 Å². The van der Waals surface area contributed by atoms with E-state index in [1.807, 2.05) is 54.6 Å². The summed E-state index contributed by atoms with van der Waals surface area (Å²) in [5.74, 6) is 0.704. The van der Waals surface area contributed by atoms with Crippen molar-refractivity contribution in [1.82, 2.24) is 0 Å². The minimum Gasteiger partial charge on any atom is -0.454 e. The van der Waals surface area contributed by atoms with Crippen LogP contribution in [-0.4, -0.2) is 19.2 Å². The molecule has 21 heavy (non-hydrogen) atoms. The zero-order valence-corrected chi connectivity index (χ0v) is 11.3. The van der Waals surface area contributed by atoms with Gasteiger partial charge in [-0.1, -0.05) is 42.5 Å². The van der Waals surface area contributed by atoms with Crippen molar-refractivity contribution in [3.05, 3.63) is 54.6 Å². The number of fused-ring (bicyclic) bond motifs is 1. The van der Waals surface area contributed by atoms with Crippen molar-refractivity contribution >= 4 is 22.7 Å². The summed E-state index contributed by atoms with van der Waals surface area (Å²) in [7, 11) is 0. The highest BCUT2D eigenvalue weighted by Crippen LogP contribution is 2.41. The van der Waals surface area contributed by atoms with Gasteiger partial charge in [-0.2, -0.15) is 0 Å². The second-order valence-electron chi connectivity index (χ2n) is 4.91. The lowest BCUT2D eigenvalue weighted by Gasteiger charge is -2.13. The first-order valence-electron chi connectivity index (χ1n) is 6.86. The quantitative estimate of drug-likeness (QED) is 0.710. The molecule has 0 bridgehead atoms. The highest BCUT2D eigenvalue weighted by atomic mass is 16.6. The van der Waals surface area contributed by atoms with Crippen LogP contribution in [0.4, 0.5) is 10.5 Å². The largest absolute Gasteiger partial charge is 0.454 e. The van der Waals surface area contributed by atoms with Gasteiger partial charge < -0.3 is 9.15 Å². The van der Waals surface area contributed by atoms with Crippen LogP contribution in [0.15, 0.2) is 59.0 Å². The molecule has 0 atom stereocenters. The van der Waals surface area contributed by atoms with Gasteiger partial charge in [0.1, 0.15) is 17.9 Å². The van der Waals surface area contributed by atoms with E-state index >= 15 is 0 Å². The number of rotatable bonds is 2. The summed E-state index contributed by atoms with van der Waals surface area (Å²) in [5.41, 5.74) is 2.51. The number of benzene rings is 2. The van der Waals surface area contributed by atoms with Crippen LogP contribution in [0.3, 0.4) is 0 Å². The molecule has 4 heteroatoms. The molecular formula is C17H13NO3. The van der Waals surface area contributed by atoms with E-state index in [0.29, 0.717) is 18.9 Å². The summed E-state index contributed by atoms with van der Waals surface area (Å²) in [6.45, 7) is 0.953. The number of cyclic esters (lactones) is 1. The molecule has 1 aromatic heterocycles. The Morgan fingerprint density at radius 3 is 2.48 bits per heavy atom. The summed E-state index contributed by atoms with van der Waals surface area (Å²) < 4.78 is 11.1. The van der Waals surface area contributed by atoms with Crippen molar-refractivity contribution in [2.45, 2.75) is 0 Å². The van der Waals surface area contributed by atoms with E-state index in [1.54, 1.807) is 4.90 Å². The molecule has 1 fully saturated rings. The van der Waals surface area contributed by atoms with Gasteiger partial charge >= 0.3 is 6.09 Å². The molecular weight excluding hydrogens is 266 g/mol. The zero-order valence-electron chi connectivity index (χ0n) is 11.3. The average molecular weight is 279 g/mol. The van der Waals surface area contributed by atoms with Gasteiger partial charge in [-0.15, -0.1) is 0 Å². The second-order valence-corrected chi connectivity index (χ2v) is 4.91. The van der Waals surface area contributed by atoms with Crippen LogP contribution in [0.5, 0.6) is 0 Å². The molecule has 0 radical (unpaired) electrons. The van der Waals surface area contributed by atoms with Gasteiger partial charge in [0, 0.05) is 10.9 Å². The van der Waals surface area contributed by atoms with Crippen LogP contribution >= 0.6 is 0 Å². The monoisotopic (exact) mass is 279 g/mol. The lowest BCUT2D eigenvalue weighted by Crippen LogP contribution is -2.23. The second kappa shape index (κ2) is 4.66. The number of carbonyl (C=O) groups is 1. The predicted molar refractivity (Wildman–Crippen MR) is 80.3 cm³/mol. The summed E-state index contributed by atoms with van der Waals surface area (Å²) in [6.07, 6.45) is -0.321. The highest BCUT2D eigenvalue weighted by Gasteiger charge is 2.30. The third-order valence-electron chi connectivity index (χ3n) is 3.64. The van der Waals surface area contributed by atoms with Crippen molar-refractivity contribution < 1.29 is 13.9 Å². The number of nitrogens with zero attached hydrogens (tertiary/aromatic N) is 1. The first-order valence-corrected chi connectivity index (χ1v) is 6.86. The highest BCUT2D eigenvalue weighted by molar-refractivity contribution is 6.06. The zero-order chi connectivity index (χ0) is 14.2. The standard InChI is InChI=1S/C17H13NO3/c19-17-18(10-11-20-17)15-13-8-4-5-9-14(13)21-16(15)12-6-2-1-3-7-12/h1-9H,10-11H2. The van der Waals surface area contributed by atoms with Crippen LogP contribution in [0, 0.1) is 0 Å². The molecule has 0 spiro atoms. The Morgan fingerprint density at radius 1 is 0.952 bits per heavy atom. The van der Waals surface area contributed by atoms with Crippen LogP contribution in [0.25, 0.3) is 22.3 Å². The van der Waals surface area contributed by atoms with E-state index in [4.69, 9.17) is 9.15 Å². The van der Waals surface area contributed by atoms with Gasteiger partial charge in [-0.05, 0) is 12.1 Å². The fourth-order valence-electron chi connectivity index (χ4n) is 2.68. The number of ether oxygens (including phenoxy) is 1. The van der Waals surface area contributed by atoms with Crippen molar-refractivity contribution in [1.29, 1.82) is 0 Å². The Bertz CT molecular complexity index is 807. The molecule has 2 aromatic carbocycles. The summed E-state index contributed by atoms with van der Waals surface area (Å²) in [4.78, 5) is 13.6. The van der Waals surface area contributed by atoms with E-state index in [2.05, 4.69) is 0 Å². The van der Waals surface area contributed by atoms with E-state index in [-0.39, 0.29) is 6.09 Å². The minimum absolute atomic E-state index is 0.321. The molecule has 1 amide bonds. The number of furan rings is 1. The number of amides is 1. The number of anilines is 1. The fourth-order valence-corrected chi connectivity index (χ4v) is 2.68. The van der Waals surface area contributed by atoms with Crippen LogP contribution in [0.2, 0.25) is 0 Å². The lowest BCUT2D eigenvalue weighted by atomic mass is 10.1. The molecule has 1 saturated heterocycles. The smallest absolute Gasteiger partial charge is 0.414 e. The lowest BCUT2D eigenvalue weighted by molar-refractivity contribution is 0.181. The molecule has 0 aliphatic carbocycles. The topological polar surface area (TPSA) is 42.7 Å². The first-order chi connectivity index (χ1) is 10.3. The van der Waals surface area contributed by atoms with E-state index < -0.39 is 0 Å². The Labute approximate surface area is 121 Å². The fraction of sp³-hybridized carbons (Fsp3) is 0.118. The predicted octanol–water partition coefficient (Wildman–Crippen LogP) is 4.06. The van der Waals surface area contributed by atoms with E-state index in [9.17, 15) is 4.79 Å². The summed E-state index contributed by atoms with van der Waals surface area (Å²) in [6, 6.07) is 17.5. The Morgan fingerprint density at radius 2 is 1.71 bits per heavy atom. The number of hydrogen-bond donors (Lipinski definition) is 0. The Kier molecular flexibility index (Phi) is 2.67. The molecule has 4 nitrogen and oxygen atoms in total. The molecule has 0 saturated carbocycles. The first kappa shape index (κ1) is 12.0. The van der Waals surface area contributed by atoms with Crippen molar-refractivity contribution in [2.24, 2.45) is 0 Å². The third kappa shape index (κ3) is 1.88. The van der Waals surface area contributed by atoms with E-state index in [0.717, 1.165) is 22.2 Å². The molecule has 104 valence electrons. The summed E-state index contributed by atoms with van der Waals surface area (Å²) in [5, 5.41) is 0.926. The molecule has 2 heterocycles. The van der Waals surface area contributed by atoms with Crippen molar-refractivity contribution in [3.63, 3.8) is 0 Å². The molecule has 1 aliphatic rings. The number of para-hydroxylation sites is 1. The van der Waals surface area contributed by atoms with Gasteiger partial charge in [0.15, 0.2) is 5.76 Å². The molecule has 0 N–H and O–H groups in total. The van der Waals surface area contributed by atoms with Crippen LogP contribution in [-0.2, 0) is 4.74 Å². The Balaban J connectivity index is 1.99. The molecule has 3 aromatic rings. The minimum atomic E-state index is -0.321. The average Bonchev–Trinajstić information content (AvgIpc) is 3.11.